The van der Waals surface area contributed by atoms with E-state index in [1.165, 1.54) is 0 Å². The van der Waals surface area contributed by atoms with Crippen LogP contribution in [0.3, 0.4) is 0 Å². The van der Waals surface area contributed by atoms with Crippen LogP contribution in [0.15, 0.2) is 0 Å². The van der Waals surface area contributed by atoms with Crippen LogP contribution in [0.25, 0.3) is 0 Å². The lowest BCUT2D eigenvalue weighted by Gasteiger charge is -2.24. The van der Waals surface area contributed by atoms with E-state index in [1.54, 1.807) is 0 Å². The molecular weight excluding hydrogens is 264 g/mol. The molecule has 0 aliphatic carbocycles. The first-order chi connectivity index (χ1) is 9.11. The highest BCUT2D eigenvalue weighted by molar-refractivity contribution is 7.91. The average Bonchev–Trinajstić information content (AvgIpc) is 2.81. The van der Waals surface area contributed by atoms with Crippen LogP contribution in [0.4, 0.5) is 0 Å². The van der Waals surface area contributed by atoms with Crippen molar-refractivity contribution in [1.82, 2.24) is 10.6 Å². The average molecular weight is 290 g/mol. The summed E-state index contributed by atoms with van der Waals surface area (Å²) in [6.45, 7) is 5.51. The van der Waals surface area contributed by atoms with Crippen molar-refractivity contribution in [3.63, 3.8) is 0 Å². The zero-order valence-corrected chi connectivity index (χ0v) is 12.5. The summed E-state index contributed by atoms with van der Waals surface area (Å²) < 4.78 is 28.7. The van der Waals surface area contributed by atoms with Crippen molar-refractivity contribution >= 4 is 9.84 Å². The topological polar surface area (TPSA) is 67.4 Å². The molecule has 0 radical (unpaired) electrons. The van der Waals surface area contributed by atoms with E-state index in [4.69, 9.17) is 4.74 Å². The SMILES string of the molecule is CCC1OCCC1CNCCC1CS(=O)(=O)CCN1. The summed E-state index contributed by atoms with van der Waals surface area (Å²) in [6, 6.07) is 0.119. The Morgan fingerprint density at radius 1 is 1.42 bits per heavy atom. The third kappa shape index (κ3) is 4.70. The van der Waals surface area contributed by atoms with Gasteiger partial charge in [-0.25, -0.2) is 8.42 Å². The largest absolute Gasteiger partial charge is 0.378 e. The van der Waals surface area contributed by atoms with Crippen LogP contribution in [0, 0.1) is 5.92 Å². The summed E-state index contributed by atoms with van der Waals surface area (Å²) in [5.74, 6) is 1.20. The van der Waals surface area contributed by atoms with Gasteiger partial charge in [-0.2, -0.15) is 0 Å². The predicted octanol–water partition coefficient (Wildman–Crippen LogP) is 0.168. The molecule has 0 amide bonds. The zero-order chi connectivity index (χ0) is 13.7. The fourth-order valence-corrected chi connectivity index (χ4v) is 4.49. The van der Waals surface area contributed by atoms with Gasteiger partial charge in [-0.3, -0.25) is 0 Å². The van der Waals surface area contributed by atoms with E-state index in [9.17, 15) is 8.42 Å². The van der Waals surface area contributed by atoms with E-state index in [-0.39, 0.29) is 11.8 Å². The maximum absolute atomic E-state index is 11.5. The van der Waals surface area contributed by atoms with Gasteiger partial charge < -0.3 is 15.4 Å². The summed E-state index contributed by atoms with van der Waals surface area (Å²) >= 11 is 0. The summed E-state index contributed by atoms with van der Waals surface area (Å²) in [7, 11) is -2.81. The highest BCUT2D eigenvalue weighted by Crippen LogP contribution is 2.22. The molecule has 0 spiro atoms. The fourth-order valence-electron chi connectivity index (χ4n) is 2.99. The Morgan fingerprint density at radius 3 is 3.00 bits per heavy atom. The highest BCUT2D eigenvalue weighted by atomic mass is 32.2. The van der Waals surface area contributed by atoms with Crippen LogP contribution in [0.1, 0.15) is 26.2 Å². The Hall–Kier alpha value is -0.170. The summed E-state index contributed by atoms with van der Waals surface area (Å²) in [4.78, 5) is 0. The normalized spacial score (nSPS) is 34.5. The molecule has 5 nitrogen and oxygen atoms in total. The lowest BCUT2D eigenvalue weighted by Crippen LogP contribution is -2.46. The van der Waals surface area contributed by atoms with Gasteiger partial charge >= 0.3 is 0 Å². The first kappa shape index (κ1) is 15.2. The molecule has 2 heterocycles. The van der Waals surface area contributed by atoms with Gasteiger partial charge in [-0.1, -0.05) is 6.92 Å². The predicted molar refractivity (Wildman–Crippen MR) is 76.1 cm³/mol. The van der Waals surface area contributed by atoms with Crippen molar-refractivity contribution < 1.29 is 13.2 Å². The zero-order valence-electron chi connectivity index (χ0n) is 11.7. The van der Waals surface area contributed by atoms with E-state index in [0.717, 1.165) is 39.0 Å². The van der Waals surface area contributed by atoms with Gasteiger partial charge in [-0.05, 0) is 31.7 Å². The Kier molecular flexibility index (Phi) is 5.62. The molecule has 2 N–H and O–H groups in total. The fraction of sp³-hybridized carbons (Fsp3) is 1.00. The van der Waals surface area contributed by atoms with Crippen LogP contribution in [-0.2, 0) is 14.6 Å². The second-order valence-corrected chi connectivity index (χ2v) is 7.85. The molecule has 0 aromatic rings. The lowest BCUT2D eigenvalue weighted by atomic mass is 10.00. The lowest BCUT2D eigenvalue weighted by molar-refractivity contribution is 0.0873. The Labute approximate surface area is 116 Å². The van der Waals surface area contributed by atoms with Crippen molar-refractivity contribution in [2.45, 2.75) is 38.3 Å². The molecule has 19 heavy (non-hydrogen) atoms. The second-order valence-electron chi connectivity index (χ2n) is 5.62. The maximum Gasteiger partial charge on any atom is 0.153 e. The number of rotatable bonds is 6. The van der Waals surface area contributed by atoms with Gasteiger partial charge in [0.1, 0.15) is 0 Å². The molecule has 0 aromatic carbocycles. The first-order valence-electron chi connectivity index (χ1n) is 7.37. The second kappa shape index (κ2) is 7.02. The van der Waals surface area contributed by atoms with Gasteiger partial charge in [0.15, 0.2) is 9.84 Å². The maximum atomic E-state index is 11.5. The first-order valence-corrected chi connectivity index (χ1v) is 9.19. The van der Waals surface area contributed by atoms with E-state index >= 15 is 0 Å². The van der Waals surface area contributed by atoms with Crippen molar-refractivity contribution in [3.8, 4) is 0 Å². The molecule has 0 saturated carbocycles. The molecule has 0 aromatic heterocycles. The molecule has 3 unspecified atom stereocenters. The van der Waals surface area contributed by atoms with E-state index in [0.29, 0.717) is 24.3 Å². The summed E-state index contributed by atoms with van der Waals surface area (Å²) in [6.07, 6.45) is 3.50. The molecule has 112 valence electrons. The van der Waals surface area contributed by atoms with Gasteiger partial charge in [-0.15, -0.1) is 0 Å². The van der Waals surface area contributed by atoms with E-state index in [1.807, 2.05) is 0 Å². The van der Waals surface area contributed by atoms with Gasteiger partial charge in [0, 0.05) is 25.7 Å². The molecule has 0 bridgehead atoms. The van der Waals surface area contributed by atoms with Gasteiger partial charge in [0.2, 0.25) is 0 Å². The summed E-state index contributed by atoms with van der Waals surface area (Å²) in [5.41, 5.74) is 0. The molecule has 2 saturated heterocycles. The number of hydrogen-bond acceptors (Lipinski definition) is 5. The molecule has 2 rings (SSSR count). The minimum Gasteiger partial charge on any atom is -0.378 e. The molecule has 6 heteroatoms. The van der Waals surface area contributed by atoms with Crippen molar-refractivity contribution in [2.75, 3.05) is 37.7 Å². The minimum atomic E-state index is -2.81. The van der Waals surface area contributed by atoms with Crippen LogP contribution in [0.2, 0.25) is 0 Å². The number of nitrogens with one attached hydrogen (secondary N) is 2. The van der Waals surface area contributed by atoms with Crippen molar-refractivity contribution in [3.05, 3.63) is 0 Å². The molecule has 3 atom stereocenters. The third-order valence-corrected chi connectivity index (χ3v) is 5.86. The number of hydrogen-bond donors (Lipinski definition) is 2. The van der Waals surface area contributed by atoms with Gasteiger partial charge in [0.25, 0.3) is 0 Å². The van der Waals surface area contributed by atoms with E-state index < -0.39 is 9.84 Å². The van der Waals surface area contributed by atoms with Gasteiger partial charge in [0.05, 0.1) is 17.6 Å². The number of ether oxygens (including phenoxy) is 1. The monoisotopic (exact) mass is 290 g/mol. The summed E-state index contributed by atoms with van der Waals surface area (Å²) in [5, 5.41) is 6.73. The highest BCUT2D eigenvalue weighted by Gasteiger charge is 2.27. The smallest absolute Gasteiger partial charge is 0.153 e. The van der Waals surface area contributed by atoms with Crippen LogP contribution < -0.4 is 10.6 Å². The third-order valence-electron chi connectivity index (χ3n) is 4.13. The van der Waals surface area contributed by atoms with Crippen molar-refractivity contribution in [1.29, 1.82) is 0 Å². The quantitative estimate of drug-likeness (QED) is 0.683. The minimum absolute atomic E-state index is 0.119. The molecular formula is C13H26N2O3S. The Bertz CT molecular complexity index is 372. The molecule has 2 aliphatic heterocycles. The van der Waals surface area contributed by atoms with Crippen LogP contribution >= 0.6 is 0 Å². The Morgan fingerprint density at radius 2 is 2.26 bits per heavy atom. The molecule has 2 fully saturated rings. The standard InChI is InChI=1S/C13H26N2O3S/c1-2-13-11(4-7-18-13)9-14-5-3-12-10-19(16,17)8-6-15-12/h11-15H,2-10H2,1H3. The van der Waals surface area contributed by atoms with E-state index in [2.05, 4.69) is 17.6 Å². The number of sulfone groups is 1. The van der Waals surface area contributed by atoms with Crippen LogP contribution in [0.5, 0.6) is 0 Å². The van der Waals surface area contributed by atoms with Crippen molar-refractivity contribution in [2.24, 2.45) is 5.92 Å². The van der Waals surface area contributed by atoms with Crippen LogP contribution in [-0.4, -0.2) is 58.3 Å². The Balaban J connectivity index is 1.61. The molecule has 2 aliphatic rings.